The average Bonchev–Trinajstić information content (AvgIpc) is 2.82. The molecular formula is C24H26N4O3. The molecule has 1 amide bonds. The quantitative estimate of drug-likeness (QED) is 0.454. The van der Waals surface area contributed by atoms with Crippen molar-refractivity contribution in [1.29, 1.82) is 0 Å². The molecule has 160 valence electrons. The zero-order valence-electron chi connectivity index (χ0n) is 17.4. The van der Waals surface area contributed by atoms with Crippen molar-refractivity contribution in [2.45, 2.75) is 19.5 Å². The van der Waals surface area contributed by atoms with E-state index in [4.69, 9.17) is 0 Å². The van der Waals surface area contributed by atoms with E-state index in [2.05, 4.69) is 23.6 Å². The normalized spacial score (nSPS) is 14.1. The van der Waals surface area contributed by atoms with Crippen LogP contribution in [0.2, 0.25) is 0 Å². The second kappa shape index (κ2) is 9.04. The molecule has 7 heteroatoms. The lowest BCUT2D eigenvalue weighted by molar-refractivity contribution is -0.131. The van der Waals surface area contributed by atoms with Gasteiger partial charge < -0.3 is 14.4 Å². The smallest absolute Gasteiger partial charge is 0.317 e. The minimum absolute atomic E-state index is 0.000960. The van der Waals surface area contributed by atoms with Crippen LogP contribution in [0.25, 0.3) is 11.0 Å². The van der Waals surface area contributed by atoms with Crippen LogP contribution in [0.3, 0.4) is 0 Å². The van der Waals surface area contributed by atoms with Crippen LogP contribution in [-0.4, -0.2) is 46.1 Å². The zero-order chi connectivity index (χ0) is 21.8. The molecule has 1 aliphatic rings. The lowest BCUT2D eigenvalue weighted by Crippen LogP contribution is -2.49. The third-order valence-electron chi connectivity index (χ3n) is 5.75. The number of benzene rings is 2. The van der Waals surface area contributed by atoms with Gasteiger partial charge in [-0.1, -0.05) is 36.4 Å². The number of rotatable bonds is 6. The molecule has 3 aromatic rings. The topological polar surface area (TPSA) is 67.5 Å². The van der Waals surface area contributed by atoms with Crippen LogP contribution in [0.15, 0.2) is 76.8 Å². The summed E-state index contributed by atoms with van der Waals surface area (Å²) >= 11 is 0. The first-order chi connectivity index (χ1) is 15.1. The molecule has 0 N–H and O–H groups in total. The predicted octanol–water partition coefficient (Wildman–Crippen LogP) is 2.09. The number of hydrogen-bond acceptors (Lipinski definition) is 4. The van der Waals surface area contributed by atoms with E-state index in [9.17, 15) is 14.4 Å². The van der Waals surface area contributed by atoms with E-state index in [1.54, 1.807) is 18.2 Å². The molecule has 0 aliphatic carbocycles. The molecule has 2 heterocycles. The van der Waals surface area contributed by atoms with Crippen LogP contribution < -0.4 is 16.0 Å². The maximum Gasteiger partial charge on any atom is 0.317 e. The van der Waals surface area contributed by atoms with Crippen molar-refractivity contribution in [1.82, 2.24) is 14.0 Å². The van der Waals surface area contributed by atoms with E-state index in [1.165, 1.54) is 9.13 Å². The number of piperazine rings is 1. The van der Waals surface area contributed by atoms with E-state index in [-0.39, 0.29) is 25.4 Å². The molecule has 31 heavy (non-hydrogen) atoms. The first-order valence-corrected chi connectivity index (χ1v) is 10.5. The van der Waals surface area contributed by atoms with Gasteiger partial charge in [0.05, 0.1) is 11.0 Å². The average molecular weight is 418 g/mol. The molecule has 1 aromatic heterocycles. The van der Waals surface area contributed by atoms with Crippen LogP contribution in [0.5, 0.6) is 0 Å². The molecule has 0 bridgehead atoms. The first-order valence-electron chi connectivity index (χ1n) is 10.5. The van der Waals surface area contributed by atoms with E-state index in [0.29, 0.717) is 24.1 Å². The molecule has 0 atom stereocenters. The van der Waals surface area contributed by atoms with Crippen molar-refractivity contribution < 1.29 is 4.79 Å². The number of aryl methyl sites for hydroxylation is 1. The molecule has 1 saturated heterocycles. The van der Waals surface area contributed by atoms with Gasteiger partial charge in [-0.15, -0.1) is 6.58 Å². The highest BCUT2D eigenvalue weighted by Crippen LogP contribution is 2.16. The van der Waals surface area contributed by atoms with Crippen molar-refractivity contribution in [2.75, 3.05) is 31.1 Å². The third-order valence-corrected chi connectivity index (χ3v) is 5.75. The van der Waals surface area contributed by atoms with Crippen molar-refractivity contribution in [3.05, 3.63) is 88.0 Å². The van der Waals surface area contributed by atoms with Crippen molar-refractivity contribution in [2.24, 2.45) is 0 Å². The monoisotopic (exact) mass is 418 g/mol. The molecule has 1 fully saturated rings. The van der Waals surface area contributed by atoms with Gasteiger partial charge in [0.15, 0.2) is 0 Å². The highest BCUT2D eigenvalue weighted by molar-refractivity contribution is 5.78. The van der Waals surface area contributed by atoms with Gasteiger partial charge in [-0.25, -0.2) is 0 Å². The number of anilines is 1. The number of aromatic nitrogens is 2. The third kappa shape index (κ3) is 4.17. The number of amides is 1. The number of carbonyl (C=O) groups excluding carboxylic acids is 1. The van der Waals surface area contributed by atoms with Crippen LogP contribution >= 0.6 is 0 Å². The summed E-state index contributed by atoms with van der Waals surface area (Å²) in [5.41, 5.74) is 1.27. The fourth-order valence-corrected chi connectivity index (χ4v) is 4.12. The molecular weight excluding hydrogens is 392 g/mol. The first kappa shape index (κ1) is 20.7. The molecule has 0 spiro atoms. The summed E-state index contributed by atoms with van der Waals surface area (Å²) in [6, 6.07) is 17.4. The Labute approximate surface area is 180 Å². The Morgan fingerprint density at radius 2 is 1.42 bits per heavy atom. The molecule has 4 rings (SSSR count). The highest BCUT2D eigenvalue weighted by Gasteiger charge is 2.22. The lowest BCUT2D eigenvalue weighted by Gasteiger charge is -2.36. The Balaban J connectivity index is 1.47. The Hall–Kier alpha value is -3.61. The van der Waals surface area contributed by atoms with E-state index >= 15 is 0 Å². The lowest BCUT2D eigenvalue weighted by atomic mass is 10.2. The molecule has 2 aromatic carbocycles. The summed E-state index contributed by atoms with van der Waals surface area (Å²) < 4.78 is 2.85. The molecule has 7 nitrogen and oxygen atoms in total. The standard InChI is InChI=1S/C24H26N4O3/c1-2-13-27-20-10-6-7-11-21(20)28(24(31)23(27)30)14-12-22(29)26-17-15-25(16-18-26)19-8-4-3-5-9-19/h2-11H,1,12-18H2. The SMILES string of the molecule is C=CCn1c(=O)c(=O)n(CCC(=O)N2CCN(c3ccccc3)CC2)c2ccccc21. The molecule has 0 unspecified atom stereocenters. The molecule has 0 radical (unpaired) electrons. The van der Waals surface area contributed by atoms with Gasteiger partial charge in [-0.2, -0.15) is 0 Å². The largest absolute Gasteiger partial charge is 0.368 e. The number of nitrogens with zero attached hydrogens (tertiary/aromatic N) is 4. The van der Waals surface area contributed by atoms with Gasteiger partial charge in [0.1, 0.15) is 0 Å². The van der Waals surface area contributed by atoms with Gasteiger partial charge in [-0.3, -0.25) is 19.0 Å². The highest BCUT2D eigenvalue weighted by atomic mass is 16.2. The summed E-state index contributed by atoms with van der Waals surface area (Å²) in [4.78, 5) is 42.2. The van der Waals surface area contributed by atoms with Crippen molar-refractivity contribution >= 4 is 22.6 Å². The maximum absolute atomic E-state index is 12.8. The van der Waals surface area contributed by atoms with Gasteiger partial charge in [0.2, 0.25) is 5.91 Å². The zero-order valence-corrected chi connectivity index (χ0v) is 17.4. The second-order valence-corrected chi connectivity index (χ2v) is 7.60. The molecule has 0 saturated carbocycles. The predicted molar refractivity (Wildman–Crippen MR) is 123 cm³/mol. The van der Waals surface area contributed by atoms with Crippen LogP contribution in [-0.2, 0) is 17.9 Å². The van der Waals surface area contributed by atoms with Crippen molar-refractivity contribution in [3.8, 4) is 0 Å². The summed E-state index contributed by atoms with van der Waals surface area (Å²) in [7, 11) is 0. The minimum Gasteiger partial charge on any atom is -0.368 e. The van der Waals surface area contributed by atoms with Crippen LogP contribution in [0.4, 0.5) is 5.69 Å². The summed E-state index contributed by atoms with van der Waals surface area (Å²) in [6.45, 7) is 6.95. The Morgan fingerprint density at radius 1 is 0.839 bits per heavy atom. The van der Waals surface area contributed by atoms with Gasteiger partial charge in [-0.05, 0) is 24.3 Å². The maximum atomic E-state index is 12.8. The number of allylic oxidation sites excluding steroid dienone is 1. The summed E-state index contributed by atoms with van der Waals surface area (Å²) in [5.74, 6) is -0.000960. The Kier molecular flexibility index (Phi) is 6.02. The Bertz CT molecular complexity index is 1200. The van der Waals surface area contributed by atoms with Gasteiger partial charge in [0.25, 0.3) is 0 Å². The summed E-state index contributed by atoms with van der Waals surface area (Å²) in [5, 5.41) is 0. The fraction of sp³-hybridized carbons (Fsp3) is 0.292. The van der Waals surface area contributed by atoms with Crippen LogP contribution in [0, 0.1) is 0 Å². The van der Waals surface area contributed by atoms with E-state index < -0.39 is 11.1 Å². The number of carbonyl (C=O) groups is 1. The van der Waals surface area contributed by atoms with Gasteiger partial charge >= 0.3 is 11.1 Å². The second-order valence-electron chi connectivity index (χ2n) is 7.60. The number of para-hydroxylation sites is 3. The van der Waals surface area contributed by atoms with E-state index in [1.807, 2.05) is 35.2 Å². The van der Waals surface area contributed by atoms with Crippen molar-refractivity contribution in [3.63, 3.8) is 0 Å². The van der Waals surface area contributed by atoms with Crippen LogP contribution in [0.1, 0.15) is 6.42 Å². The summed E-state index contributed by atoms with van der Waals surface area (Å²) in [6.07, 6.45) is 1.77. The molecule has 1 aliphatic heterocycles. The fourth-order valence-electron chi connectivity index (χ4n) is 4.12. The van der Waals surface area contributed by atoms with Gasteiger partial charge in [0, 0.05) is 51.4 Å². The van der Waals surface area contributed by atoms with E-state index in [0.717, 1.165) is 18.8 Å². The number of hydrogen-bond donors (Lipinski definition) is 0. The number of fused-ring (bicyclic) bond motifs is 1. The Morgan fingerprint density at radius 3 is 2.06 bits per heavy atom. The minimum atomic E-state index is -0.609.